The quantitative estimate of drug-likeness (QED) is 0.818. The van der Waals surface area contributed by atoms with Gasteiger partial charge in [-0.2, -0.15) is 0 Å². The van der Waals surface area contributed by atoms with Crippen LogP contribution in [0.3, 0.4) is 0 Å². The first-order valence-electron chi connectivity index (χ1n) is 6.52. The van der Waals surface area contributed by atoms with E-state index in [1.165, 1.54) is 24.3 Å². The van der Waals surface area contributed by atoms with Crippen molar-refractivity contribution in [3.8, 4) is 22.6 Å². The van der Waals surface area contributed by atoms with Crippen LogP contribution in [-0.4, -0.2) is 12.7 Å². The summed E-state index contributed by atoms with van der Waals surface area (Å²) < 4.78 is 82.3. The Morgan fingerprint density at radius 3 is 2.04 bits per heavy atom. The molecule has 130 valence electrons. The van der Waals surface area contributed by atoms with Crippen LogP contribution in [0.4, 0.5) is 26.3 Å². The fraction of sp³-hybridized carbons (Fsp3) is 0.200. The van der Waals surface area contributed by atoms with E-state index in [0.29, 0.717) is 0 Å². The van der Waals surface area contributed by atoms with Gasteiger partial charge in [-0.1, -0.05) is 18.2 Å². The van der Waals surface area contributed by atoms with Gasteiger partial charge in [0.15, 0.2) is 0 Å². The number of hydrogen-bond donors (Lipinski definition) is 1. The third kappa shape index (κ3) is 5.05. The van der Waals surface area contributed by atoms with Crippen molar-refractivity contribution < 1.29 is 35.8 Å². The minimum absolute atomic E-state index is 0.0443. The first-order valence-corrected chi connectivity index (χ1v) is 6.52. The number of halogens is 6. The van der Waals surface area contributed by atoms with E-state index in [9.17, 15) is 26.3 Å². The summed E-state index contributed by atoms with van der Waals surface area (Å²) in [6.07, 6.45) is -9.88. The highest BCUT2D eigenvalue weighted by molar-refractivity contribution is 5.72. The summed E-state index contributed by atoms with van der Waals surface area (Å²) in [5.41, 5.74) is 5.69. The highest BCUT2D eigenvalue weighted by atomic mass is 19.4. The molecule has 2 rings (SSSR count). The van der Waals surface area contributed by atoms with Crippen molar-refractivity contribution in [2.24, 2.45) is 5.73 Å². The minimum atomic E-state index is -4.94. The number of ether oxygens (including phenoxy) is 2. The Morgan fingerprint density at radius 2 is 1.46 bits per heavy atom. The minimum Gasteiger partial charge on any atom is -0.406 e. The summed E-state index contributed by atoms with van der Waals surface area (Å²) in [6.45, 7) is -0.121. The van der Waals surface area contributed by atoms with Crippen LogP contribution in [0.15, 0.2) is 42.5 Å². The molecule has 0 bridgehead atoms. The van der Waals surface area contributed by atoms with Crippen LogP contribution in [0, 0.1) is 0 Å². The molecule has 9 heteroatoms. The monoisotopic (exact) mass is 351 g/mol. The molecular formula is C15H11F6NO2. The second-order valence-corrected chi connectivity index (χ2v) is 4.66. The molecule has 0 aliphatic heterocycles. The fourth-order valence-electron chi connectivity index (χ4n) is 2.05. The number of nitrogens with two attached hydrogens (primary N) is 1. The predicted octanol–water partition coefficient (Wildman–Crippen LogP) is 4.61. The lowest BCUT2D eigenvalue weighted by atomic mass is 10.0. The van der Waals surface area contributed by atoms with E-state index in [1.807, 2.05) is 0 Å². The number of hydrogen-bond acceptors (Lipinski definition) is 3. The van der Waals surface area contributed by atoms with E-state index in [0.717, 1.165) is 18.2 Å². The maximum atomic E-state index is 12.5. The standard InChI is InChI=1S/C15H11F6NO2/c16-14(17,18)23-11-6-9(8-22)5-10(7-11)12-3-1-2-4-13(12)24-15(19,20)21/h1-7H,8,22H2. The fourth-order valence-corrected chi connectivity index (χ4v) is 2.05. The van der Waals surface area contributed by atoms with Crippen molar-refractivity contribution in [1.82, 2.24) is 0 Å². The lowest BCUT2D eigenvalue weighted by molar-refractivity contribution is -0.275. The highest BCUT2D eigenvalue weighted by Crippen LogP contribution is 2.36. The summed E-state index contributed by atoms with van der Waals surface area (Å²) in [7, 11) is 0. The van der Waals surface area contributed by atoms with Crippen molar-refractivity contribution in [3.05, 3.63) is 48.0 Å². The Hall–Kier alpha value is -2.42. The summed E-state index contributed by atoms with van der Waals surface area (Å²) >= 11 is 0. The van der Waals surface area contributed by atoms with E-state index < -0.39 is 24.2 Å². The molecule has 0 radical (unpaired) electrons. The van der Waals surface area contributed by atoms with E-state index in [4.69, 9.17) is 5.73 Å². The van der Waals surface area contributed by atoms with Gasteiger partial charge in [-0.25, -0.2) is 0 Å². The molecule has 0 fully saturated rings. The number of rotatable bonds is 4. The van der Waals surface area contributed by atoms with Gasteiger partial charge in [-0.15, -0.1) is 26.3 Å². The van der Waals surface area contributed by atoms with Crippen LogP contribution < -0.4 is 15.2 Å². The zero-order chi connectivity index (χ0) is 18.0. The van der Waals surface area contributed by atoms with Crippen LogP contribution in [0.5, 0.6) is 11.5 Å². The average molecular weight is 351 g/mol. The van der Waals surface area contributed by atoms with Crippen LogP contribution in [-0.2, 0) is 6.54 Å². The Morgan fingerprint density at radius 1 is 0.833 bits per heavy atom. The van der Waals surface area contributed by atoms with Gasteiger partial charge in [-0.05, 0) is 35.4 Å². The molecule has 0 aromatic heterocycles. The number of para-hydroxylation sites is 1. The number of alkyl halides is 6. The third-order valence-electron chi connectivity index (χ3n) is 2.86. The molecule has 0 unspecified atom stereocenters. The molecule has 2 aromatic carbocycles. The molecule has 0 saturated carbocycles. The molecule has 2 N–H and O–H groups in total. The Labute approximate surface area is 132 Å². The molecule has 0 aliphatic carbocycles. The van der Waals surface area contributed by atoms with Crippen LogP contribution in [0.1, 0.15) is 5.56 Å². The van der Waals surface area contributed by atoms with Gasteiger partial charge in [-0.3, -0.25) is 0 Å². The summed E-state index contributed by atoms with van der Waals surface area (Å²) in [5.74, 6) is -1.13. The maximum Gasteiger partial charge on any atom is 0.573 e. The largest absolute Gasteiger partial charge is 0.573 e. The predicted molar refractivity (Wildman–Crippen MR) is 73.1 cm³/mol. The van der Waals surface area contributed by atoms with Crippen LogP contribution in [0.25, 0.3) is 11.1 Å². The zero-order valence-corrected chi connectivity index (χ0v) is 11.9. The van der Waals surface area contributed by atoms with Gasteiger partial charge in [0, 0.05) is 12.1 Å². The second kappa shape index (κ2) is 6.60. The molecule has 0 atom stereocenters. The molecule has 24 heavy (non-hydrogen) atoms. The molecule has 0 aliphatic rings. The average Bonchev–Trinajstić information content (AvgIpc) is 2.44. The van der Waals surface area contributed by atoms with Gasteiger partial charge >= 0.3 is 12.7 Å². The molecule has 2 aromatic rings. The van der Waals surface area contributed by atoms with Crippen LogP contribution in [0.2, 0.25) is 0 Å². The molecule has 0 spiro atoms. The van der Waals surface area contributed by atoms with Crippen molar-refractivity contribution >= 4 is 0 Å². The smallest absolute Gasteiger partial charge is 0.406 e. The summed E-state index contributed by atoms with van der Waals surface area (Å²) in [5, 5.41) is 0. The lowest BCUT2D eigenvalue weighted by Crippen LogP contribution is -2.18. The van der Waals surface area contributed by atoms with Gasteiger partial charge in [0.1, 0.15) is 11.5 Å². The molecule has 0 saturated heterocycles. The second-order valence-electron chi connectivity index (χ2n) is 4.66. The molecular weight excluding hydrogens is 340 g/mol. The first-order chi connectivity index (χ1) is 11.1. The summed E-state index contributed by atoms with van der Waals surface area (Å²) in [4.78, 5) is 0. The molecule has 0 amide bonds. The van der Waals surface area contributed by atoms with E-state index in [-0.39, 0.29) is 23.2 Å². The third-order valence-corrected chi connectivity index (χ3v) is 2.86. The molecule has 3 nitrogen and oxygen atoms in total. The van der Waals surface area contributed by atoms with Gasteiger partial charge in [0.25, 0.3) is 0 Å². The van der Waals surface area contributed by atoms with Gasteiger partial charge < -0.3 is 15.2 Å². The van der Waals surface area contributed by atoms with Crippen molar-refractivity contribution in [3.63, 3.8) is 0 Å². The first kappa shape index (κ1) is 17.9. The normalized spacial score (nSPS) is 12.1. The van der Waals surface area contributed by atoms with Gasteiger partial charge in [0.2, 0.25) is 0 Å². The van der Waals surface area contributed by atoms with Crippen molar-refractivity contribution in [2.45, 2.75) is 19.3 Å². The SMILES string of the molecule is NCc1cc(OC(F)(F)F)cc(-c2ccccc2OC(F)(F)F)c1. The maximum absolute atomic E-state index is 12.5. The summed E-state index contributed by atoms with van der Waals surface area (Å²) in [6, 6.07) is 8.47. The lowest BCUT2D eigenvalue weighted by Gasteiger charge is -2.15. The Balaban J connectivity index is 2.50. The van der Waals surface area contributed by atoms with Crippen molar-refractivity contribution in [2.75, 3.05) is 0 Å². The van der Waals surface area contributed by atoms with Gasteiger partial charge in [0.05, 0.1) is 0 Å². The Bertz CT molecular complexity index is 712. The molecule has 0 heterocycles. The zero-order valence-electron chi connectivity index (χ0n) is 11.9. The van der Waals surface area contributed by atoms with E-state index in [1.54, 1.807) is 0 Å². The van der Waals surface area contributed by atoms with Crippen LogP contribution >= 0.6 is 0 Å². The highest BCUT2D eigenvalue weighted by Gasteiger charge is 2.33. The van der Waals surface area contributed by atoms with Crippen molar-refractivity contribution in [1.29, 1.82) is 0 Å². The Kier molecular flexibility index (Phi) is 4.93. The topological polar surface area (TPSA) is 44.5 Å². The van der Waals surface area contributed by atoms with E-state index >= 15 is 0 Å². The number of benzene rings is 2. The van der Waals surface area contributed by atoms with E-state index in [2.05, 4.69) is 9.47 Å².